The first-order chi connectivity index (χ1) is 15.6. The third-order valence-corrected chi connectivity index (χ3v) is 6.26. The molecule has 0 saturated carbocycles. The zero-order chi connectivity index (χ0) is 22.1. The molecule has 5 rings (SSSR count). The van der Waals surface area contributed by atoms with Crippen LogP contribution in [0.1, 0.15) is 18.4 Å². The molecule has 32 heavy (non-hydrogen) atoms. The first-order valence-electron chi connectivity index (χ1n) is 10.8. The molecule has 1 unspecified atom stereocenters. The van der Waals surface area contributed by atoms with Crippen LogP contribution in [0.5, 0.6) is 5.88 Å². The third-order valence-electron chi connectivity index (χ3n) is 6.26. The molecule has 1 aromatic carbocycles. The first-order valence-corrected chi connectivity index (χ1v) is 10.8. The van der Waals surface area contributed by atoms with Gasteiger partial charge in [0.2, 0.25) is 11.8 Å². The Morgan fingerprint density at radius 1 is 1.09 bits per heavy atom. The van der Waals surface area contributed by atoms with E-state index in [4.69, 9.17) is 0 Å². The highest BCUT2D eigenvalue weighted by molar-refractivity contribution is 5.72. The Bertz CT molecular complexity index is 1070. The van der Waals surface area contributed by atoms with Crippen molar-refractivity contribution in [1.82, 2.24) is 19.9 Å². The van der Waals surface area contributed by atoms with Crippen LogP contribution in [0, 0.1) is 5.82 Å². The minimum Gasteiger partial charge on any atom is -0.493 e. The van der Waals surface area contributed by atoms with Crippen molar-refractivity contribution in [3.63, 3.8) is 0 Å². The Balaban J connectivity index is 1.30. The van der Waals surface area contributed by atoms with Crippen LogP contribution in [0.4, 0.5) is 21.8 Å². The number of nitrogens with one attached hydrogen (secondary N) is 1. The van der Waals surface area contributed by atoms with Gasteiger partial charge in [-0.3, -0.25) is 4.90 Å². The summed E-state index contributed by atoms with van der Waals surface area (Å²) in [4.78, 5) is 19.7. The summed E-state index contributed by atoms with van der Waals surface area (Å²) >= 11 is 0. The largest absolute Gasteiger partial charge is 0.493 e. The molecule has 3 aromatic rings. The van der Waals surface area contributed by atoms with Gasteiger partial charge in [0.1, 0.15) is 5.82 Å². The lowest BCUT2D eigenvalue weighted by Gasteiger charge is -2.42. The number of likely N-dealkylation sites (tertiary alicyclic amines) is 1. The number of hydrogen-bond donors (Lipinski definition) is 2. The molecule has 0 bridgehead atoms. The van der Waals surface area contributed by atoms with Crippen molar-refractivity contribution in [1.29, 1.82) is 0 Å². The molecule has 4 heterocycles. The fourth-order valence-corrected chi connectivity index (χ4v) is 4.51. The molecule has 0 amide bonds. The second-order valence-electron chi connectivity index (χ2n) is 8.24. The van der Waals surface area contributed by atoms with E-state index in [1.165, 1.54) is 18.2 Å². The van der Waals surface area contributed by atoms with Gasteiger partial charge >= 0.3 is 0 Å². The van der Waals surface area contributed by atoms with Gasteiger partial charge in [-0.15, -0.1) is 0 Å². The van der Waals surface area contributed by atoms with Gasteiger partial charge in [-0.05, 0) is 42.7 Å². The van der Waals surface area contributed by atoms with Crippen LogP contribution in [0.2, 0.25) is 0 Å². The van der Waals surface area contributed by atoms with Crippen LogP contribution in [0.15, 0.2) is 54.9 Å². The number of rotatable bonds is 5. The van der Waals surface area contributed by atoms with Gasteiger partial charge in [-0.2, -0.15) is 4.98 Å². The molecule has 8 nitrogen and oxygen atoms in total. The number of piperidine rings is 1. The molecule has 1 atom stereocenters. The highest BCUT2D eigenvalue weighted by atomic mass is 19.1. The molecule has 0 radical (unpaired) electrons. The Labute approximate surface area is 186 Å². The van der Waals surface area contributed by atoms with Gasteiger partial charge in [0.05, 0.1) is 5.69 Å². The minimum atomic E-state index is -0.228. The average Bonchev–Trinajstić information content (AvgIpc) is 3.18. The summed E-state index contributed by atoms with van der Waals surface area (Å²) < 4.78 is 13.4. The predicted octanol–water partition coefficient (Wildman–Crippen LogP) is 3.03. The fraction of sp³-hybridized carbons (Fsp3) is 0.348. The molecular weight excluding hydrogens is 409 g/mol. The van der Waals surface area contributed by atoms with Crippen molar-refractivity contribution >= 4 is 17.5 Å². The number of pyridine rings is 1. The lowest BCUT2D eigenvalue weighted by Crippen LogP contribution is -2.54. The maximum atomic E-state index is 13.4. The zero-order valence-corrected chi connectivity index (χ0v) is 17.9. The Morgan fingerprint density at radius 2 is 1.88 bits per heavy atom. The summed E-state index contributed by atoms with van der Waals surface area (Å²) in [7, 11) is 1.98. The fourth-order valence-electron chi connectivity index (χ4n) is 4.51. The molecular formula is C23H26FN7O. The molecule has 2 aromatic heterocycles. The van der Waals surface area contributed by atoms with Crippen molar-refractivity contribution in [3.05, 3.63) is 66.2 Å². The van der Waals surface area contributed by atoms with Crippen molar-refractivity contribution < 1.29 is 9.50 Å². The van der Waals surface area contributed by atoms with E-state index in [0.29, 0.717) is 18.5 Å². The van der Waals surface area contributed by atoms with E-state index in [1.807, 2.05) is 30.1 Å². The molecule has 2 aliphatic heterocycles. The summed E-state index contributed by atoms with van der Waals surface area (Å²) in [6, 6.07) is 12.4. The lowest BCUT2D eigenvalue weighted by atomic mass is 10.0. The molecule has 1 saturated heterocycles. The second-order valence-corrected chi connectivity index (χ2v) is 8.24. The quantitative estimate of drug-likeness (QED) is 0.633. The molecule has 166 valence electrons. The average molecular weight is 436 g/mol. The Hall–Kier alpha value is -3.46. The maximum absolute atomic E-state index is 13.4. The zero-order valence-electron chi connectivity index (χ0n) is 17.9. The highest BCUT2D eigenvalue weighted by Crippen LogP contribution is 2.36. The summed E-state index contributed by atoms with van der Waals surface area (Å²) in [6.45, 7) is 2.44. The summed E-state index contributed by atoms with van der Waals surface area (Å²) in [6.07, 6.45) is 5.24. The number of nitrogens with zero attached hydrogens (tertiary/aromatic N) is 6. The van der Waals surface area contributed by atoms with Crippen LogP contribution in [-0.4, -0.2) is 57.4 Å². The summed E-state index contributed by atoms with van der Waals surface area (Å²) in [5, 5.41) is 13.2. The Kier molecular flexibility index (Phi) is 5.48. The van der Waals surface area contributed by atoms with Gasteiger partial charge in [0, 0.05) is 51.2 Å². The number of benzene rings is 1. The normalized spacial score (nSPS) is 18.9. The van der Waals surface area contributed by atoms with E-state index in [0.717, 1.165) is 43.0 Å². The predicted molar refractivity (Wildman–Crippen MR) is 121 cm³/mol. The van der Waals surface area contributed by atoms with E-state index in [1.54, 1.807) is 12.4 Å². The number of aromatic hydroxyl groups is 1. The molecule has 0 aliphatic carbocycles. The summed E-state index contributed by atoms with van der Waals surface area (Å²) in [5.74, 6) is 1.16. The molecule has 0 spiro atoms. The van der Waals surface area contributed by atoms with Gasteiger partial charge in [0.15, 0.2) is 12.1 Å². The standard InChI is InChI=1S/C23H26FN7O/c1-29(22-26-12-8-20(32)27-22)18-9-13-30(14-10-18)23-28-21-19(3-2-11-25-21)31(23)15-16-4-6-17(24)7-5-16/h2-8,11-12,18,23H,9-10,13-15H2,1H3,(H,25,28)(H,26,27,32). The minimum absolute atomic E-state index is 0.0175. The molecule has 9 heteroatoms. The number of halogens is 1. The summed E-state index contributed by atoms with van der Waals surface area (Å²) in [5.41, 5.74) is 2.10. The van der Waals surface area contributed by atoms with Crippen molar-refractivity contribution in [2.24, 2.45) is 0 Å². The van der Waals surface area contributed by atoms with Crippen molar-refractivity contribution in [3.8, 4) is 5.88 Å². The van der Waals surface area contributed by atoms with E-state index in [9.17, 15) is 9.50 Å². The number of hydrogen-bond acceptors (Lipinski definition) is 8. The number of fused-ring (bicyclic) bond motifs is 1. The smallest absolute Gasteiger partial charge is 0.228 e. The van der Waals surface area contributed by atoms with Gasteiger partial charge in [-0.25, -0.2) is 14.4 Å². The monoisotopic (exact) mass is 435 g/mol. The molecule has 2 N–H and O–H groups in total. The third kappa shape index (κ3) is 4.03. The van der Waals surface area contributed by atoms with Crippen LogP contribution in [-0.2, 0) is 6.54 Å². The SMILES string of the molecule is CN(c1nccc(O)n1)C1CCN(C2Nc3ncccc3N2Cc2ccc(F)cc2)CC1. The van der Waals surface area contributed by atoms with Gasteiger partial charge in [0.25, 0.3) is 0 Å². The van der Waals surface area contributed by atoms with Crippen LogP contribution >= 0.6 is 0 Å². The van der Waals surface area contributed by atoms with Gasteiger partial charge < -0.3 is 20.2 Å². The second kappa shape index (κ2) is 8.58. The van der Waals surface area contributed by atoms with Crippen molar-refractivity contribution in [2.45, 2.75) is 31.7 Å². The van der Waals surface area contributed by atoms with E-state index < -0.39 is 0 Å². The maximum Gasteiger partial charge on any atom is 0.228 e. The first kappa shape index (κ1) is 20.4. The lowest BCUT2D eigenvalue weighted by molar-refractivity contribution is 0.164. The van der Waals surface area contributed by atoms with Crippen molar-refractivity contribution in [2.75, 3.05) is 35.3 Å². The number of aromatic nitrogens is 3. The van der Waals surface area contributed by atoms with Crippen LogP contribution in [0.25, 0.3) is 0 Å². The van der Waals surface area contributed by atoms with E-state index >= 15 is 0 Å². The van der Waals surface area contributed by atoms with Crippen LogP contribution in [0.3, 0.4) is 0 Å². The highest BCUT2D eigenvalue weighted by Gasteiger charge is 2.36. The molecule has 1 fully saturated rings. The Morgan fingerprint density at radius 3 is 2.62 bits per heavy atom. The van der Waals surface area contributed by atoms with Crippen LogP contribution < -0.4 is 15.1 Å². The molecule has 2 aliphatic rings. The van der Waals surface area contributed by atoms with E-state index in [2.05, 4.69) is 36.1 Å². The van der Waals surface area contributed by atoms with Gasteiger partial charge in [-0.1, -0.05) is 12.1 Å². The van der Waals surface area contributed by atoms with E-state index in [-0.39, 0.29) is 18.0 Å². The number of anilines is 3. The topological polar surface area (TPSA) is 80.6 Å².